The second-order valence-corrected chi connectivity index (χ2v) is 5.63. The van der Waals surface area contributed by atoms with Crippen molar-refractivity contribution < 1.29 is 4.74 Å². The van der Waals surface area contributed by atoms with Crippen molar-refractivity contribution in [3.8, 4) is 0 Å². The lowest BCUT2D eigenvalue weighted by Gasteiger charge is -2.21. The first-order valence-corrected chi connectivity index (χ1v) is 7.81. The number of nitrogens with zero attached hydrogens (tertiary/aromatic N) is 1. The highest BCUT2D eigenvalue weighted by Gasteiger charge is 2.25. The Hall–Kier alpha value is -0.120. The lowest BCUT2D eigenvalue weighted by molar-refractivity contribution is 0.0278. The molecule has 0 aromatic rings. The van der Waals surface area contributed by atoms with E-state index >= 15 is 0 Å². The molecule has 0 aliphatic carbocycles. The van der Waals surface area contributed by atoms with Gasteiger partial charge in [-0.25, -0.2) is 0 Å². The molecule has 2 atom stereocenters. The van der Waals surface area contributed by atoms with E-state index in [-0.39, 0.29) is 0 Å². The predicted octanol–water partition coefficient (Wildman–Crippen LogP) is 2.66. The summed E-state index contributed by atoms with van der Waals surface area (Å²) in [5.41, 5.74) is 0. The summed E-state index contributed by atoms with van der Waals surface area (Å²) < 4.78 is 6.08. The predicted molar refractivity (Wildman–Crippen MR) is 78.1 cm³/mol. The van der Waals surface area contributed by atoms with Crippen LogP contribution in [0.25, 0.3) is 0 Å². The van der Waals surface area contributed by atoms with E-state index in [2.05, 4.69) is 31.1 Å². The van der Waals surface area contributed by atoms with E-state index in [1.54, 1.807) is 0 Å². The van der Waals surface area contributed by atoms with Crippen LogP contribution in [0.1, 0.15) is 52.4 Å². The molecule has 1 rings (SSSR count). The molecule has 1 saturated heterocycles. The van der Waals surface area contributed by atoms with E-state index in [0.717, 1.165) is 19.6 Å². The molecule has 0 bridgehead atoms. The Morgan fingerprint density at radius 1 is 1.11 bits per heavy atom. The van der Waals surface area contributed by atoms with Gasteiger partial charge in [-0.2, -0.15) is 0 Å². The van der Waals surface area contributed by atoms with Crippen molar-refractivity contribution in [2.75, 3.05) is 33.2 Å². The van der Waals surface area contributed by atoms with Crippen molar-refractivity contribution in [3.05, 3.63) is 0 Å². The van der Waals surface area contributed by atoms with Gasteiger partial charge in [-0.15, -0.1) is 0 Å². The molecule has 3 nitrogen and oxygen atoms in total. The topological polar surface area (TPSA) is 24.5 Å². The first-order chi connectivity index (χ1) is 8.76. The number of likely N-dealkylation sites (N-methyl/N-ethyl adjacent to an activating group) is 1. The van der Waals surface area contributed by atoms with Crippen LogP contribution in [0.15, 0.2) is 0 Å². The van der Waals surface area contributed by atoms with Gasteiger partial charge in [-0.3, -0.25) is 0 Å². The molecule has 1 heterocycles. The van der Waals surface area contributed by atoms with Gasteiger partial charge in [0, 0.05) is 13.1 Å². The highest BCUT2D eigenvalue weighted by atomic mass is 16.5. The Kier molecular flexibility index (Phi) is 8.64. The van der Waals surface area contributed by atoms with E-state index in [1.165, 1.54) is 45.1 Å². The molecule has 0 spiro atoms. The molecule has 2 unspecified atom stereocenters. The van der Waals surface area contributed by atoms with Crippen LogP contribution in [0.2, 0.25) is 0 Å². The average Bonchev–Trinajstić information content (AvgIpc) is 2.77. The molecule has 0 amide bonds. The van der Waals surface area contributed by atoms with Crippen LogP contribution in [0, 0.1) is 0 Å². The van der Waals surface area contributed by atoms with Gasteiger partial charge in [0.05, 0.1) is 12.2 Å². The van der Waals surface area contributed by atoms with Crippen LogP contribution in [0.3, 0.4) is 0 Å². The fourth-order valence-electron chi connectivity index (χ4n) is 2.57. The first kappa shape index (κ1) is 15.9. The van der Waals surface area contributed by atoms with Crippen molar-refractivity contribution >= 4 is 0 Å². The number of rotatable bonds is 10. The highest BCUT2D eigenvalue weighted by Crippen LogP contribution is 2.19. The summed E-state index contributed by atoms with van der Waals surface area (Å²) in [6.07, 6.45) is 8.55. The number of ether oxygens (including phenoxy) is 1. The smallest absolute Gasteiger partial charge is 0.0707 e. The molecule has 0 aromatic carbocycles. The standard InChI is InChI=1S/C15H32N2O/c1-4-6-7-11-17(3)13-15-9-8-14(18-15)12-16-10-5-2/h14-16H,4-13H2,1-3H3. The molecule has 1 N–H and O–H groups in total. The Morgan fingerprint density at radius 3 is 2.61 bits per heavy atom. The molecule has 0 radical (unpaired) electrons. The monoisotopic (exact) mass is 256 g/mol. The van der Waals surface area contributed by atoms with Crippen LogP contribution in [0.5, 0.6) is 0 Å². The van der Waals surface area contributed by atoms with Gasteiger partial charge in [-0.05, 0) is 45.8 Å². The Bertz CT molecular complexity index is 199. The Morgan fingerprint density at radius 2 is 1.89 bits per heavy atom. The third kappa shape index (κ3) is 6.72. The average molecular weight is 256 g/mol. The zero-order valence-corrected chi connectivity index (χ0v) is 12.6. The van der Waals surface area contributed by atoms with Crippen LogP contribution in [-0.4, -0.2) is 50.3 Å². The Balaban J connectivity index is 2.06. The van der Waals surface area contributed by atoms with Crippen molar-refractivity contribution in [1.29, 1.82) is 0 Å². The SMILES string of the molecule is CCCCCN(C)CC1CCC(CNCCC)O1. The molecule has 1 fully saturated rings. The third-order valence-electron chi connectivity index (χ3n) is 3.65. The van der Waals surface area contributed by atoms with Crippen LogP contribution < -0.4 is 5.32 Å². The van der Waals surface area contributed by atoms with Crippen molar-refractivity contribution in [1.82, 2.24) is 10.2 Å². The number of unbranched alkanes of at least 4 members (excludes halogenated alkanes) is 2. The Labute approximate surface area is 113 Å². The van der Waals surface area contributed by atoms with Crippen molar-refractivity contribution in [2.45, 2.75) is 64.6 Å². The molecule has 3 heteroatoms. The summed E-state index contributed by atoms with van der Waals surface area (Å²) in [7, 11) is 2.22. The molecule has 1 aliphatic heterocycles. The molecular weight excluding hydrogens is 224 g/mol. The van der Waals surface area contributed by atoms with E-state index in [4.69, 9.17) is 4.74 Å². The van der Waals surface area contributed by atoms with Gasteiger partial charge in [0.1, 0.15) is 0 Å². The minimum atomic E-state index is 0.450. The molecule has 1 aliphatic rings. The van der Waals surface area contributed by atoms with Gasteiger partial charge >= 0.3 is 0 Å². The largest absolute Gasteiger partial charge is 0.372 e. The lowest BCUT2D eigenvalue weighted by Crippen LogP contribution is -2.32. The van der Waals surface area contributed by atoms with E-state index in [0.29, 0.717) is 12.2 Å². The second kappa shape index (κ2) is 9.76. The lowest BCUT2D eigenvalue weighted by atomic mass is 10.2. The van der Waals surface area contributed by atoms with Crippen molar-refractivity contribution in [2.24, 2.45) is 0 Å². The van der Waals surface area contributed by atoms with Gasteiger partial charge < -0.3 is 15.0 Å². The minimum absolute atomic E-state index is 0.450. The van der Waals surface area contributed by atoms with Crippen LogP contribution >= 0.6 is 0 Å². The van der Waals surface area contributed by atoms with Crippen LogP contribution in [0.4, 0.5) is 0 Å². The molecule has 108 valence electrons. The first-order valence-electron chi connectivity index (χ1n) is 7.81. The maximum Gasteiger partial charge on any atom is 0.0707 e. The molecular formula is C15H32N2O. The van der Waals surface area contributed by atoms with E-state index in [1.807, 2.05) is 0 Å². The van der Waals surface area contributed by atoms with Crippen LogP contribution in [-0.2, 0) is 4.74 Å². The molecule has 0 saturated carbocycles. The van der Waals surface area contributed by atoms with Crippen molar-refractivity contribution in [3.63, 3.8) is 0 Å². The fourth-order valence-corrected chi connectivity index (χ4v) is 2.57. The molecule has 0 aromatic heterocycles. The normalized spacial score (nSPS) is 24.0. The van der Waals surface area contributed by atoms with Gasteiger partial charge in [0.2, 0.25) is 0 Å². The van der Waals surface area contributed by atoms with E-state index in [9.17, 15) is 0 Å². The summed E-state index contributed by atoms with van der Waals surface area (Å²) in [6.45, 7) is 8.93. The summed E-state index contributed by atoms with van der Waals surface area (Å²) >= 11 is 0. The van der Waals surface area contributed by atoms with E-state index < -0.39 is 0 Å². The minimum Gasteiger partial charge on any atom is -0.372 e. The number of nitrogens with one attached hydrogen (secondary N) is 1. The number of hydrogen-bond acceptors (Lipinski definition) is 3. The summed E-state index contributed by atoms with van der Waals surface area (Å²) in [6, 6.07) is 0. The summed E-state index contributed by atoms with van der Waals surface area (Å²) in [4.78, 5) is 2.43. The van der Waals surface area contributed by atoms with Gasteiger partial charge in [0.25, 0.3) is 0 Å². The quantitative estimate of drug-likeness (QED) is 0.608. The fraction of sp³-hybridized carbons (Fsp3) is 1.00. The zero-order chi connectivity index (χ0) is 13.2. The summed E-state index contributed by atoms with van der Waals surface area (Å²) in [5.74, 6) is 0. The summed E-state index contributed by atoms with van der Waals surface area (Å²) in [5, 5.41) is 3.45. The molecule has 18 heavy (non-hydrogen) atoms. The maximum atomic E-state index is 6.08. The number of hydrogen-bond donors (Lipinski definition) is 1. The van der Waals surface area contributed by atoms with Gasteiger partial charge in [0.15, 0.2) is 0 Å². The second-order valence-electron chi connectivity index (χ2n) is 5.63. The third-order valence-corrected chi connectivity index (χ3v) is 3.65. The zero-order valence-electron chi connectivity index (χ0n) is 12.6. The maximum absolute atomic E-state index is 6.08. The highest BCUT2D eigenvalue weighted by molar-refractivity contribution is 4.77. The van der Waals surface area contributed by atoms with Gasteiger partial charge in [-0.1, -0.05) is 26.7 Å².